The quantitative estimate of drug-likeness (QED) is 0.813. The molecule has 3 rings (SSSR count). The number of rotatable bonds is 4. The zero-order valence-corrected chi connectivity index (χ0v) is 16.8. The largest absolute Gasteiger partial charge is 0.369 e. The molecule has 1 fully saturated rings. The minimum atomic E-state index is -0.391. The van der Waals surface area contributed by atoms with Crippen molar-refractivity contribution in [3.8, 4) is 0 Å². The second kappa shape index (κ2) is 8.46. The third kappa shape index (κ3) is 4.54. The summed E-state index contributed by atoms with van der Waals surface area (Å²) < 4.78 is 13.9. The zero-order chi connectivity index (χ0) is 19.6. The molecular weight excluding hydrogens is 388 g/mol. The number of carbonyl (C=O) groups is 1. The van der Waals surface area contributed by atoms with Crippen molar-refractivity contribution in [2.75, 3.05) is 38.1 Å². The molecule has 2 aromatic rings. The van der Waals surface area contributed by atoms with E-state index in [-0.39, 0.29) is 16.7 Å². The van der Waals surface area contributed by atoms with Crippen molar-refractivity contribution in [1.82, 2.24) is 10.2 Å². The molecule has 0 bridgehead atoms. The first-order valence-corrected chi connectivity index (χ1v) is 9.60. The summed E-state index contributed by atoms with van der Waals surface area (Å²) in [5.41, 5.74) is 1.98. The number of nitrogens with one attached hydrogen (secondary N) is 1. The molecule has 144 valence electrons. The number of benzene rings is 2. The van der Waals surface area contributed by atoms with Crippen molar-refractivity contribution < 1.29 is 9.18 Å². The van der Waals surface area contributed by atoms with Crippen LogP contribution in [0.2, 0.25) is 10.0 Å². The van der Waals surface area contributed by atoms with Crippen LogP contribution in [0.5, 0.6) is 0 Å². The summed E-state index contributed by atoms with van der Waals surface area (Å²) in [6.07, 6.45) is 0. The van der Waals surface area contributed by atoms with E-state index in [2.05, 4.69) is 22.2 Å². The Morgan fingerprint density at radius 2 is 1.85 bits per heavy atom. The summed E-state index contributed by atoms with van der Waals surface area (Å²) in [5, 5.41) is 3.44. The van der Waals surface area contributed by atoms with Gasteiger partial charge in [-0.3, -0.25) is 4.79 Å². The van der Waals surface area contributed by atoms with Gasteiger partial charge in [0.05, 0.1) is 21.7 Å². The van der Waals surface area contributed by atoms with Crippen LogP contribution >= 0.6 is 23.2 Å². The fourth-order valence-corrected chi connectivity index (χ4v) is 3.63. The predicted octanol–water partition coefficient (Wildman–Crippen LogP) is 4.38. The van der Waals surface area contributed by atoms with Crippen molar-refractivity contribution in [3.05, 3.63) is 63.4 Å². The van der Waals surface area contributed by atoms with Crippen molar-refractivity contribution in [2.45, 2.75) is 13.0 Å². The van der Waals surface area contributed by atoms with Crippen LogP contribution in [0.25, 0.3) is 0 Å². The third-order valence-corrected chi connectivity index (χ3v) is 5.66. The minimum Gasteiger partial charge on any atom is -0.369 e. The average molecular weight is 410 g/mol. The van der Waals surface area contributed by atoms with Crippen molar-refractivity contribution in [2.24, 2.45) is 0 Å². The molecule has 0 saturated carbocycles. The van der Waals surface area contributed by atoms with Gasteiger partial charge in [-0.25, -0.2) is 4.39 Å². The highest BCUT2D eigenvalue weighted by atomic mass is 35.5. The Labute approximate surface area is 168 Å². The van der Waals surface area contributed by atoms with Crippen LogP contribution in [0.3, 0.4) is 0 Å². The van der Waals surface area contributed by atoms with E-state index in [0.717, 1.165) is 37.4 Å². The van der Waals surface area contributed by atoms with Gasteiger partial charge in [0, 0.05) is 37.4 Å². The van der Waals surface area contributed by atoms with E-state index in [9.17, 15) is 9.18 Å². The number of anilines is 1. The summed E-state index contributed by atoms with van der Waals surface area (Å²) in [4.78, 5) is 17.1. The molecule has 4 nitrogen and oxygen atoms in total. The van der Waals surface area contributed by atoms with E-state index in [0.29, 0.717) is 10.6 Å². The van der Waals surface area contributed by atoms with E-state index >= 15 is 0 Å². The van der Waals surface area contributed by atoms with Crippen LogP contribution in [0.4, 0.5) is 10.1 Å². The van der Waals surface area contributed by atoms with Gasteiger partial charge < -0.3 is 15.1 Å². The molecule has 1 atom stereocenters. The summed E-state index contributed by atoms with van der Waals surface area (Å²) in [6.45, 7) is 5.43. The summed E-state index contributed by atoms with van der Waals surface area (Å²) >= 11 is 12.1. The Morgan fingerprint density at radius 3 is 2.56 bits per heavy atom. The molecule has 0 aliphatic carbocycles. The average Bonchev–Trinajstić information content (AvgIpc) is 2.64. The Bertz CT molecular complexity index is 838. The summed E-state index contributed by atoms with van der Waals surface area (Å²) in [5.74, 6) is -0.673. The van der Waals surface area contributed by atoms with E-state index < -0.39 is 6.04 Å². The third-order valence-electron chi connectivity index (χ3n) is 4.84. The molecular formula is C20H22Cl2FN3O. The fraction of sp³-hybridized carbons (Fsp3) is 0.350. The van der Waals surface area contributed by atoms with Crippen LogP contribution < -0.4 is 10.2 Å². The Kier molecular flexibility index (Phi) is 6.25. The molecule has 27 heavy (non-hydrogen) atoms. The van der Waals surface area contributed by atoms with Crippen molar-refractivity contribution in [1.29, 1.82) is 0 Å². The maximum absolute atomic E-state index is 13.9. The first-order valence-electron chi connectivity index (χ1n) is 8.84. The Balaban J connectivity index is 1.83. The first-order chi connectivity index (χ1) is 12.9. The molecule has 0 spiro atoms. The predicted molar refractivity (Wildman–Crippen MR) is 108 cm³/mol. The molecule has 2 aromatic carbocycles. The molecule has 1 amide bonds. The number of halogens is 3. The van der Waals surface area contributed by atoms with Crippen LogP contribution in [-0.4, -0.2) is 44.0 Å². The van der Waals surface area contributed by atoms with Gasteiger partial charge in [0.2, 0.25) is 0 Å². The molecule has 1 N–H and O–H groups in total. The lowest BCUT2D eigenvalue weighted by molar-refractivity contribution is 0.0940. The lowest BCUT2D eigenvalue weighted by Gasteiger charge is -2.36. The van der Waals surface area contributed by atoms with E-state index in [1.165, 1.54) is 12.1 Å². The Morgan fingerprint density at radius 1 is 1.15 bits per heavy atom. The first kappa shape index (κ1) is 19.9. The van der Waals surface area contributed by atoms with Crippen LogP contribution in [-0.2, 0) is 0 Å². The summed E-state index contributed by atoms with van der Waals surface area (Å²) in [7, 11) is 2.08. The second-order valence-corrected chi connectivity index (χ2v) is 7.58. The highest BCUT2D eigenvalue weighted by Gasteiger charge is 2.22. The van der Waals surface area contributed by atoms with Crippen LogP contribution in [0.1, 0.15) is 28.9 Å². The minimum absolute atomic E-state index is 0.211. The normalized spacial score (nSPS) is 16.3. The van der Waals surface area contributed by atoms with Gasteiger partial charge in [0.15, 0.2) is 0 Å². The van der Waals surface area contributed by atoms with Gasteiger partial charge in [-0.05, 0) is 44.3 Å². The molecule has 1 aliphatic rings. The van der Waals surface area contributed by atoms with Crippen LogP contribution in [0.15, 0.2) is 36.4 Å². The van der Waals surface area contributed by atoms with Gasteiger partial charge in [-0.1, -0.05) is 29.3 Å². The highest BCUT2D eigenvalue weighted by Crippen LogP contribution is 2.30. The van der Waals surface area contributed by atoms with Gasteiger partial charge in [-0.15, -0.1) is 0 Å². The molecule has 7 heteroatoms. The fourth-order valence-electron chi connectivity index (χ4n) is 3.24. The molecule has 1 unspecified atom stereocenters. The van der Waals surface area contributed by atoms with E-state index in [4.69, 9.17) is 23.2 Å². The maximum atomic E-state index is 13.9. The van der Waals surface area contributed by atoms with E-state index in [1.807, 2.05) is 6.92 Å². The lowest BCUT2D eigenvalue weighted by atomic mass is 10.0. The second-order valence-electron chi connectivity index (χ2n) is 6.79. The number of piperazine rings is 1. The van der Waals surface area contributed by atoms with E-state index in [1.54, 1.807) is 24.3 Å². The van der Waals surface area contributed by atoms with Crippen molar-refractivity contribution in [3.63, 3.8) is 0 Å². The summed E-state index contributed by atoms with van der Waals surface area (Å²) in [6, 6.07) is 9.25. The Hall–Kier alpha value is -1.82. The standard InChI is InChI=1S/C20H22Cl2FN3O/c1-13(24-20(27)15-4-3-5-17(21)19(15)22)16-12-14(23)6-7-18(16)26-10-8-25(2)9-11-26/h3-7,12-13H,8-11H2,1-2H3,(H,24,27). The lowest BCUT2D eigenvalue weighted by Crippen LogP contribution is -2.45. The molecule has 0 aromatic heterocycles. The number of likely N-dealkylation sites (N-methyl/N-ethyl adjacent to an activating group) is 1. The number of carbonyl (C=O) groups excluding carboxylic acids is 1. The molecule has 0 radical (unpaired) electrons. The van der Waals surface area contributed by atoms with Gasteiger partial charge in [0.25, 0.3) is 5.91 Å². The van der Waals surface area contributed by atoms with Gasteiger partial charge in [0.1, 0.15) is 5.82 Å². The maximum Gasteiger partial charge on any atom is 0.253 e. The smallest absolute Gasteiger partial charge is 0.253 e. The highest BCUT2D eigenvalue weighted by molar-refractivity contribution is 6.43. The molecule has 1 saturated heterocycles. The molecule has 1 aliphatic heterocycles. The van der Waals surface area contributed by atoms with Gasteiger partial charge >= 0.3 is 0 Å². The number of amides is 1. The SMILES string of the molecule is CC(NC(=O)c1cccc(Cl)c1Cl)c1cc(F)ccc1N1CCN(C)CC1. The zero-order valence-electron chi connectivity index (χ0n) is 15.3. The molecule has 1 heterocycles. The van der Waals surface area contributed by atoms with Crippen LogP contribution in [0, 0.1) is 5.82 Å². The van der Waals surface area contributed by atoms with Crippen molar-refractivity contribution >= 4 is 34.8 Å². The number of hydrogen-bond acceptors (Lipinski definition) is 3. The van der Waals surface area contributed by atoms with Gasteiger partial charge in [-0.2, -0.15) is 0 Å². The number of hydrogen-bond donors (Lipinski definition) is 1. The topological polar surface area (TPSA) is 35.6 Å². The monoisotopic (exact) mass is 409 g/mol. The number of nitrogens with zero attached hydrogens (tertiary/aromatic N) is 2.